The number of halogens is 1. The van der Waals surface area contributed by atoms with Crippen molar-refractivity contribution in [2.75, 3.05) is 31.1 Å². The van der Waals surface area contributed by atoms with Crippen molar-refractivity contribution in [1.29, 1.82) is 0 Å². The van der Waals surface area contributed by atoms with Gasteiger partial charge in [0.1, 0.15) is 5.82 Å². The summed E-state index contributed by atoms with van der Waals surface area (Å²) in [5.74, 6) is -1.50. The lowest BCUT2D eigenvalue weighted by atomic mass is 9.58. The van der Waals surface area contributed by atoms with Gasteiger partial charge in [-0.25, -0.2) is 4.39 Å². The fourth-order valence-corrected chi connectivity index (χ4v) is 5.21. The molecule has 1 aromatic carbocycles. The van der Waals surface area contributed by atoms with E-state index in [1.54, 1.807) is 12.1 Å². The number of rotatable bonds is 3. The van der Waals surface area contributed by atoms with Gasteiger partial charge in [0.15, 0.2) is 0 Å². The standard InChI is InChI=1S/C20H25FN2O3/c21-15-5-7-16(8-6-15)22-9-11-23(12-10-22)19(24)17-13-1-3-14(4-2-13)18(17)20(25)26/h5-8,13-14,17-18H,1-4,9-12H2,(H,25,26)/t13?,14?,17-,18-/m0/s1. The monoisotopic (exact) mass is 360 g/mol. The molecule has 5 nitrogen and oxygen atoms in total. The summed E-state index contributed by atoms with van der Waals surface area (Å²) in [6.45, 7) is 2.57. The molecule has 1 saturated heterocycles. The van der Waals surface area contributed by atoms with Crippen LogP contribution in [0.15, 0.2) is 24.3 Å². The van der Waals surface area contributed by atoms with Crippen molar-refractivity contribution in [3.05, 3.63) is 30.1 Å². The molecule has 4 fully saturated rings. The van der Waals surface area contributed by atoms with Gasteiger partial charge < -0.3 is 14.9 Å². The van der Waals surface area contributed by atoms with Crippen molar-refractivity contribution >= 4 is 17.6 Å². The Kier molecular flexibility index (Phi) is 4.59. The van der Waals surface area contributed by atoms with Crippen LogP contribution in [-0.2, 0) is 9.59 Å². The Labute approximate surface area is 152 Å². The van der Waals surface area contributed by atoms with Crippen molar-refractivity contribution in [1.82, 2.24) is 4.90 Å². The molecule has 6 heteroatoms. The molecule has 1 aromatic rings. The minimum atomic E-state index is -0.803. The van der Waals surface area contributed by atoms with Gasteiger partial charge in [0.25, 0.3) is 0 Å². The number of hydrogen-bond donors (Lipinski definition) is 1. The predicted octanol–water partition coefficient (Wildman–Crippen LogP) is 2.61. The number of nitrogens with zero attached hydrogens (tertiary/aromatic N) is 2. The lowest BCUT2D eigenvalue weighted by Crippen LogP contribution is -2.56. The molecule has 0 spiro atoms. The van der Waals surface area contributed by atoms with Gasteiger partial charge in [0.05, 0.1) is 11.8 Å². The number of anilines is 1. The van der Waals surface area contributed by atoms with Gasteiger partial charge in [-0.15, -0.1) is 0 Å². The van der Waals surface area contributed by atoms with Crippen LogP contribution < -0.4 is 4.90 Å². The molecule has 2 bridgehead atoms. The SMILES string of the molecule is O=C(O)[C@H]1C2CCC(CC2)[C@@H]1C(=O)N1CCN(c2ccc(F)cc2)CC1. The van der Waals surface area contributed by atoms with Crippen molar-refractivity contribution in [3.8, 4) is 0 Å². The second kappa shape index (κ2) is 6.89. The lowest BCUT2D eigenvalue weighted by molar-refractivity contribution is -0.162. The van der Waals surface area contributed by atoms with Crippen molar-refractivity contribution in [2.45, 2.75) is 25.7 Å². The Morgan fingerprint density at radius 2 is 1.42 bits per heavy atom. The van der Waals surface area contributed by atoms with Gasteiger partial charge in [-0.05, 0) is 61.8 Å². The second-order valence-electron chi connectivity index (χ2n) is 7.85. The summed E-state index contributed by atoms with van der Waals surface area (Å²) in [6.07, 6.45) is 3.87. The van der Waals surface area contributed by atoms with E-state index in [0.29, 0.717) is 26.2 Å². The van der Waals surface area contributed by atoms with Gasteiger partial charge in [-0.1, -0.05) is 0 Å². The Bertz CT molecular complexity index is 677. The number of carbonyl (C=O) groups is 2. The number of carboxylic acids is 1. The average Bonchev–Trinajstić information content (AvgIpc) is 2.68. The summed E-state index contributed by atoms with van der Waals surface area (Å²) in [5, 5.41) is 9.68. The van der Waals surface area contributed by atoms with Crippen LogP contribution in [0.2, 0.25) is 0 Å². The first-order valence-electron chi connectivity index (χ1n) is 9.56. The van der Waals surface area contributed by atoms with Crippen molar-refractivity contribution in [2.24, 2.45) is 23.7 Å². The fraction of sp³-hybridized carbons (Fsp3) is 0.600. The molecule has 0 aromatic heterocycles. The molecule has 1 amide bonds. The molecule has 0 radical (unpaired) electrons. The molecule has 3 aliphatic carbocycles. The average molecular weight is 360 g/mol. The Balaban J connectivity index is 1.43. The molecule has 1 N–H and O–H groups in total. The first-order chi connectivity index (χ1) is 12.5. The summed E-state index contributed by atoms with van der Waals surface area (Å²) in [6, 6.07) is 6.41. The van der Waals surface area contributed by atoms with E-state index in [4.69, 9.17) is 0 Å². The first kappa shape index (κ1) is 17.3. The highest BCUT2D eigenvalue weighted by Crippen LogP contribution is 2.49. The van der Waals surface area contributed by atoms with Crippen LogP contribution in [0.25, 0.3) is 0 Å². The molecule has 1 aliphatic heterocycles. The van der Waals surface area contributed by atoms with E-state index in [0.717, 1.165) is 31.4 Å². The summed E-state index contributed by atoms with van der Waals surface area (Å²) in [4.78, 5) is 28.9. The summed E-state index contributed by atoms with van der Waals surface area (Å²) < 4.78 is 13.1. The van der Waals surface area contributed by atoms with E-state index in [9.17, 15) is 19.1 Å². The van der Waals surface area contributed by atoms with E-state index in [1.165, 1.54) is 12.1 Å². The van der Waals surface area contributed by atoms with Gasteiger partial charge >= 0.3 is 5.97 Å². The number of hydrogen-bond acceptors (Lipinski definition) is 3. The minimum Gasteiger partial charge on any atom is -0.481 e. The highest BCUT2D eigenvalue weighted by atomic mass is 19.1. The quantitative estimate of drug-likeness (QED) is 0.900. The van der Waals surface area contributed by atoms with E-state index in [1.807, 2.05) is 4.90 Å². The van der Waals surface area contributed by atoms with E-state index in [2.05, 4.69) is 4.90 Å². The predicted molar refractivity (Wildman–Crippen MR) is 95.3 cm³/mol. The summed E-state index contributed by atoms with van der Waals surface area (Å²) in [7, 11) is 0. The fourth-order valence-electron chi connectivity index (χ4n) is 5.21. The van der Waals surface area contributed by atoms with Crippen LogP contribution in [0.1, 0.15) is 25.7 Å². The van der Waals surface area contributed by atoms with Crippen LogP contribution in [-0.4, -0.2) is 48.1 Å². The third kappa shape index (κ3) is 3.06. The number of carboxylic acid groups (broad SMARTS) is 1. The van der Waals surface area contributed by atoms with Crippen molar-refractivity contribution < 1.29 is 19.1 Å². The maximum Gasteiger partial charge on any atom is 0.307 e. The Morgan fingerprint density at radius 3 is 1.96 bits per heavy atom. The minimum absolute atomic E-state index is 0.0329. The number of carbonyl (C=O) groups excluding carboxylic acids is 1. The van der Waals surface area contributed by atoms with Crippen LogP contribution >= 0.6 is 0 Å². The zero-order chi connectivity index (χ0) is 18.3. The van der Waals surface area contributed by atoms with E-state index < -0.39 is 11.9 Å². The molecule has 0 unspecified atom stereocenters. The van der Waals surface area contributed by atoms with Crippen LogP contribution in [0.3, 0.4) is 0 Å². The van der Waals surface area contributed by atoms with Gasteiger partial charge in [0.2, 0.25) is 5.91 Å². The smallest absolute Gasteiger partial charge is 0.307 e. The normalized spacial score (nSPS) is 31.1. The van der Waals surface area contributed by atoms with Crippen LogP contribution in [0.4, 0.5) is 10.1 Å². The molecular weight excluding hydrogens is 335 g/mol. The second-order valence-corrected chi connectivity index (χ2v) is 7.85. The number of piperazine rings is 1. The van der Waals surface area contributed by atoms with E-state index in [-0.39, 0.29) is 29.5 Å². The highest BCUT2D eigenvalue weighted by Gasteiger charge is 2.51. The van der Waals surface area contributed by atoms with Crippen molar-refractivity contribution in [3.63, 3.8) is 0 Å². The van der Waals surface area contributed by atoms with Gasteiger partial charge in [0, 0.05) is 31.9 Å². The molecule has 3 saturated carbocycles. The number of fused-ring (bicyclic) bond motifs is 3. The Morgan fingerprint density at radius 1 is 0.885 bits per heavy atom. The molecule has 2 atom stereocenters. The summed E-state index contributed by atoms with van der Waals surface area (Å²) >= 11 is 0. The molecule has 1 heterocycles. The lowest BCUT2D eigenvalue weighted by Gasteiger charge is -2.48. The maximum absolute atomic E-state index is 13.1. The molecule has 4 aliphatic rings. The highest BCUT2D eigenvalue weighted by molar-refractivity contribution is 5.86. The molecule has 5 rings (SSSR count). The topological polar surface area (TPSA) is 60.9 Å². The number of amides is 1. The third-order valence-electron chi connectivity index (χ3n) is 6.57. The van der Waals surface area contributed by atoms with Gasteiger partial charge in [-0.3, -0.25) is 9.59 Å². The van der Waals surface area contributed by atoms with Gasteiger partial charge in [-0.2, -0.15) is 0 Å². The Hall–Kier alpha value is -2.11. The van der Waals surface area contributed by atoms with Crippen LogP contribution in [0, 0.1) is 29.5 Å². The van der Waals surface area contributed by atoms with E-state index >= 15 is 0 Å². The molecule has 140 valence electrons. The molecule has 26 heavy (non-hydrogen) atoms. The van der Waals surface area contributed by atoms with Crippen LogP contribution in [0.5, 0.6) is 0 Å². The number of benzene rings is 1. The summed E-state index contributed by atoms with van der Waals surface area (Å²) in [5.41, 5.74) is 0.957. The maximum atomic E-state index is 13.1. The zero-order valence-corrected chi connectivity index (χ0v) is 14.8. The first-order valence-corrected chi connectivity index (χ1v) is 9.56. The third-order valence-corrected chi connectivity index (χ3v) is 6.57. The number of aliphatic carboxylic acids is 1. The zero-order valence-electron chi connectivity index (χ0n) is 14.8. The molecular formula is C20H25FN2O3. The largest absolute Gasteiger partial charge is 0.481 e.